The van der Waals surface area contributed by atoms with Crippen molar-refractivity contribution in [2.45, 2.75) is 19.6 Å². The lowest BCUT2D eigenvalue weighted by Crippen LogP contribution is -2.49. The Morgan fingerprint density at radius 3 is 2.36 bits per heavy atom. The number of hydrogen-bond donors (Lipinski definition) is 0. The van der Waals surface area contributed by atoms with Crippen molar-refractivity contribution in [3.8, 4) is 0 Å². The van der Waals surface area contributed by atoms with Crippen molar-refractivity contribution >= 4 is 22.5 Å². The van der Waals surface area contributed by atoms with Crippen molar-refractivity contribution in [2.24, 2.45) is 0 Å². The second kappa shape index (κ2) is 9.21. The number of nitrogens with zero attached hydrogens (tertiary/aromatic N) is 6. The fraction of sp³-hybridized carbons (Fsp3) is 0.280. The van der Waals surface area contributed by atoms with Crippen LogP contribution in [0.3, 0.4) is 0 Å². The number of fused-ring (bicyclic) bond motifs is 1. The molecule has 3 aromatic heterocycles. The molecule has 1 fully saturated rings. The molecule has 0 spiro atoms. The van der Waals surface area contributed by atoms with E-state index >= 15 is 0 Å². The number of aryl methyl sites for hydroxylation is 1. The predicted molar refractivity (Wildman–Crippen MR) is 128 cm³/mol. The first-order chi connectivity index (χ1) is 17.2. The summed E-state index contributed by atoms with van der Waals surface area (Å²) in [5.74, 6) is -0.303. The molecular formula is C25H22F4N6O. The van der Waals surface area contributed by atoms with E-state index in [4.69, 9.17) is 0 Å². The predicted octanol–water partition coefficient (Wildman–Crippen LogP) is 4.03. The molecular weight excluding hydrogens is 476 g/mol. The van der Waals surface area contributed by atoms with Crippen LogP contribution < -0.4 is 15.4 Å². The summed E-state index contributed by atoms with van der Waals surface area (Å²) in [5, 5.41) is 0. The van der Waals surface area contributed by atoms with Crippen LogP contribution in [0.4, 0.5) is 28.9 Å². The normalized spacial score (nSPS) is 14.5. The SMILES string of the molecule is Cc1cccc(F)c1N1CCN(c2cc3nccnc3n(Cc3ncccc3C(F)(F)F)c2=O)CC1. The molecule has 5 rings (SSSR count). The maximum atomic E-state index is 14.5. The fourth-order valence-corrected chi connectivity index (χ4v) is 4.62. The van der Waals surface area contributed by atoms with Gasteiger partial charge in [-0.2, -0.15) is 13.2 Å². The number of para-hydroxylation sites is 1. The molecule has 0 atom stereocenters. The van der Waals surface area contributed by atoms with Gasteiger partial charge in [-0.1, -0.05) is 12.1 Å². The Morgan fingerprint density at radius 2 is 1.64 bits per heavy atom. The molecule has 0 N–H and O–H groups in total. The van der Waals surface area contributed by atoms with Crippen molar-refractivity contribution in [3.05, 3.63) is 88.0 Å². The quantitative estimate of drug-likeness (QED) is 0.396. The fourth-order valence-electron chi connectivity index (χ4n) is 4.62. The third-order valence-electron chi connectivity index (χ3n) is 6.33. The van der Waals surface area contributed by atoms with E-state index in [9.17, 15) is 22.4 Å². The van der Waals surface area contributed by atoms with Crippen LogP contribution in [0.1, 0.15) is 16.8 Å². The number of piperazine rings is 1. The lowest BCUT2D eigenvalue weighted by molar-refractivity contribution is -0.138. The molecule has 7 nitrogen and oxygen atoms in total. The summed E-state index contributed by atoms with van der Waals surface area (Å²) in [5.41, 5.74) is 0.532. The molecule has 0 saturated carbocycles. The molecule has 0 aliphatic carbocycles. The maximum absolute atomic E-state index is 14.5. The highest BCUT2D eigenvalue weighted by Gasteiger charge is 2.34. The molecule has 1 saturated heterocycles. The number of alkyl halides is 3. The molecule has 0 bridgehead atoms. The van der Waals surface area contributed by atoms with Crippen molar-refractivity contribution in [3.63, 3.8) is 0 Å². The molecule has 1 aliphatic rings. The van der Waals surface area contributed by atoms with Crippen molar-refractivity contribution in [1.29, 1.82) is 0 Å². The topological polar surface area (TPSA) is 67.2 Å². The number of rotatable bonds is 4. The number of aromatic nitrogens is 4. The lowest BCUT2D eigenvalue weighted by Gasteiger charge is -2.37. The summed E-state index contributed by atoms with van der Waals surface area (Å²) < 4.78 is 56.4. The average Bonchev–Trinajstić information content (AvgIpc) is 2.86. The minimum atomic E-state index is -4.62. The zero-order valence-corrected chi connectivity index (χ0v) is 19.3. The summed E-state index contributed by atoms with van der Waals surface area (Å²) in [7, 11) is 0. The molecule has 36 heavy (non-hydrogen) atoms. The van der Waals surface area contributed by atoms with Gasteiger partial charge < -0.3 is 9.80 Å². The summed E-state index contributed by atoms with van der Waals surface area (Å²) in [6.07, 6.45) is -0.511. The number of anilines is 2. The Morgan fingerprint density at radius 1 is 0.917 bits per heavy atom. The first-order valence-electron chi connectivity index (χ1n) is 11.3. The Balaban J connectivity index is 1.51. The third-order valence-corrected chi connectivity index (χ3v) is 6.33. The van der Waals surface area contributed by atoms with Crippen LogP contribution in [0.5, 0.6) is 0 Å². The highest BCUT2D eigenvalue weighted by atomic mass is 19.4. The molecule has 1 aliphatic heterocycles. The largest absolute Gasteiger partial charge is 0.418 e. The summed E-state index contributed by atoms with van der Waals surface area (Å²) in [6, 6.07) is 8.68. The smallest absolute Gasteiger partial charge is 0.365 e. The van der Waals surface area contributed by atoms with Gasteiger partial charge in [0.15, 0.2) is 5.65 Å². The van der Waals surface area contributed by atoms with Crippen LogP contribution >= 0.6 is 0 Å². The average molecular weight is 498 g/mol. The molecule has 1 aromatic carbocycles. The lowest BCUT2D eigenvalue weighted by atomic mass is 10.1. The van der Waals surface area contributed by atoms with Crippen LogP contribution in [0.15, 0.2) is 59.8 Å². The van der Waals surface area contributed by atoms with Crippen molar-refractivity contribution in [2.75, 3.05) is 36.0 Å². The summed E-state index contributed by atoms with van der Waals surface area (Å²) in [6.45, 7) is 3.22. The Hall–Kier alpha value is -4.02. The van der Waals surface area contributed by atoms with Gasteiger partial charge in [-0.25, -0.2) is 9.37 Å². The van der Waals surface area contributed by atoms with Gasteiger partial charge in [0, 0.05) is 44.8 Å². The van der Waals surface area contributed by atoms with Gasteiger partial charge in [0.05, 0.1) is 23.5 Å². The standard InChI is InChI=1S/C25H22F4N6O/c1-16-4-2-6-18(26)22(16)34-12-10-33(11-13-34)21-14-19-23(32-9-8-31-19)35(24(21)36)15-20-17(25(27,28)29)5-3-7-30-20/h2-9,14H,10-13,15H2,1H3. The Kier molecular flexibility index (Phi) is 6.07. The second-order valence-corrected chi connectivity index (χ2v) is 8.56. The number of hydrogen-bond acceptors (Lipinski definition) is 6. The minimum absolute atomic E-state index is 0.172. The van der Waals surface area contributed by atoms with E-state index in [1.165, 1.54) is 35.3 Å². The van der Waals surface area contributed by atoms with E-state index < -0.39 is 23.8 Å². The second-order valence-electron chi connectivity index (χ2n) is 8.56. The van der Waals surface area contributed by atoms with Crippen LogP contribution in [-0.2, 0) is 12.7 Å². The molecule has 4 aromatic rings. The summed E-state index contributed by atoms with van der Waals surface area (Å²) >= 11 is 0. The van der Waals surface area contributed by atoms with Gasteiger partial charge in [0.25, 0.3) is 5.56 Å². The number of benzene rings is 1. The van der Waals surface area contributed by atoms with Crippen LogP contribution in [0.25, 0.3) is 11.2 Å². The van der Waals surface area contributed by atoms with Crippen LogP contribution in [-0.4, -0.2) is 45.7 Å². The first-order valence-corrected chi connectivity index (χ1v) is 11.3. The van der Waals surface area contributed by atoms with Gasteiger partial charge in [0.2, 0.25) is 0 Å². The van der Waals surface area contributed by atoms with E-state index in [1.807, 2.05) is 22.8 Å². The highest BCUT2D eigenvalue weighted by Crippen LogP contribution is 2.32. The van der Waals surface area contributed by atoms with E-state index in [-0.39, 0.29) is 17.2 Å². The van der Waals surface area contributed by atoms with E-state index in [1.54, 1.807) is 12.1 Å². The highest BCUT2D eigenvalue weighted by molar-refractivity contribution is 5.75. The van der Waals surface area contributed by atoms with E-state index in [2.05, 4.69) is 15.0 Å². The Labute approximate surface area is 203 Å². The van der Waals surface area contributed by atoms with Crippen LogP contribution in [0, 0.1) is 12.7 Å². The minimum Gasteiger partial charge on any atom is -0.365 e. The monoisotopic (exact) mass is 498 g/mol. The van der Waals surface area contributed by atoms with E-state index in [0.29, 0.717) is 43.1 Å². The van der Waals surface area contributed by atoms with Crippen LogP contribution in [0.2, 0.25) is 0 Å². The summed E-state index contributed by atoms with van der Waals surface area (Å²) in [4.78, 5) is 29.8. The van der Waals surface area contributed by atoms with Gasteiger partial charge in [0.1, 0.15) is 17.0 Å². The van der Waals surface area contributed by atoms with Gasteiger partial charge in [-0.05, 0) is 36.8 Å². The zero-order chi connectivity index (χ0) is 25.4. The van der Waals surface area contributed by atoms with Gasteiger partial charge >= 0.3 is 6.18 Å². The third kappa shape index (κ3) is 4.36. The van der Waals surface area contributed by atoms with Crippen molar-refractivity contribution in [1.82, 2.24) is 19.5 Å². The number of halogens is 4. The van der Waals surface area contributed by atoms with Gasteiger partial charge in [-0.15, -0.1) is 0 Å². The first kappa shape index (κ1) is 23.7. The zero-order valence-electron chi connectivity index (χ0n) is 19.3. The molecule has 11 heteroatoms. The number of pyridine rings is 2. The van der Waals surface area contributed by atoms with Gasteiger partial charge in [-0.3, -0.25) is 19.3 Å². The van der Waals surface area contributed by atoms with Crippen molar-refractivity contribution < 1.29 is 17.6 Å². The molecule has 4 heterocycles. The molecule has 186 valence electrons. The molecule has 0 radical (unpaired) electrons. The Bertz CT molecular complexity index is 1460. The van der Waals surface area contributed by atoms with E-state index in [0.717, 1.165) is 11.6 Å². The molecule has 0 unspecified atom stereocenters. The molecule has 0 amide bonds. The maximum Gasteiger partial charge on any atom is 0.418 e.